The van der Waals surface area contributed by atoms with Crippen LogP contribution in [-0.2, 0) is 14.3 Å². The number of hydrogen-bond acceptors (Lipinski definition) is 6. The maximum absolute atomic E-state index is 15.5. The van der Waals surface area contributed by atoms with Crippen LogP contribution in [0.25, 0.3) is 0 Å². The van der Waals surface area contributed by atoms with Crippen LogP contribution in [0.2, 0.25) is 0 Å². The topological polar surface area (TPSA) is 99.5 Å². The minimum atomic E-state index is -2.15. The molecule has 3 rings (SSSR count). The van der Waals surface area contributed by atoms with Gasteiger partial charge in [0.2, 0.25) is 0 Å². The van der Waals surface area contributed by atoms with Gasteiger partial charge >= 0.3 is 11.7 Å². The van der Waals surface area contributed by atoms with E-state index in [1.54, 1.807) is 37.3 Å². The van der Waals surface area contributed by atoms with Gasteiger partial charge in [0.05, 0.1) is 0 Å². The monoisotopic (exact) mass is 403 g/mol. The fourth-order valence-corrected chi connectivity index (χ4v) is 3.33. The molecule has 29 heavy (non-hydrogen) atoms. The third-order valence-corrected chi connectivity index (χ3v) is 4.74. The highest BCUT2D eigenvalue weighted by Crippen LogP contribution is 2.43. The Labute approximate surface area is 166 Å². The Morgan fingerprint density at radius 1 is 1.31 bits per heavy atom. The molecule has 154 valence electrons. The number of halogens is 1. The molecular weight excluding hydrogens is 381 g/mol. The Hall–Kier alpha value is -3.07. The van der Waals surface area contributed by atoms with Gasteiger partial charge < -0.3 is 14.8 Å². The van der Waals surface area contributed by atoms with Crippen LogP contribution in [-0.4, -0.2) is 39.3 Å². The van der Waals surface area contributed by atoms with Crippen LogP contribution in [0.4, 0.5) is 10.2 Å². The fourth-order valence-electron chi connectivity index (χ4n) is 3.33. The van der Waals surface area contributed by atoms with Crippen molar-refractivity contribution in [3.05, 3.63) is 58.6 Å². The molecule has 1 N–H and O–H groups in total. The number of nitrogens with zero attached hydrogens (tertiary/aromatic N) is 2. The summed E-state index contributed by atoms with van der Waals surface area (Å²) < 4.78 is 27.3. The second kappa shape index (κ2) is 8.12. The lowest BCUT2D eigenvalue weighted by Gasteiger charge is -2.27. The Bertz CT molecular complexity index is 960. The molecule has 1 aliphatic rings. The normalized spacial score (nSPS) is 26.1. The van der Waals surface area contributed by atoms with E-state index in [0.717, 1.165) is 4.57 Å². The van der Waals surface area contributed by atoms with E-state index in [4.69, 9.17) is 9.47 Å². The van der Waals surface area contributed by atoms with Crippen molar-refractivity contribution in [2.24, 2.45) is 0 Å². The number of amides is 1. The minimum absolute atomic E-state index is 0.0299. The highest BCUT2D eigenvalue weighted by Gasteiger charge is 2.57. The first-order valence-corrected chi connectivity index (χ1v) is 9.21. The van der Waals surface area contributed by atoms with Crippen molar-refractivity contribution in [1.29, 1.82) is 0 Å². The summed E-state index contributed by atoms with van der Waals surface area (Å²) in [7, 11) is 0. The van der Waals surface area contributed by atoms with E-state index in [1.807, 2.05) is 0 Å². The molecule has 1 aromatic heterocycles. The number of aromatic nitrogens is 2. The molecule has 2 heterocycles. The molecule has 2 aromatic rings. The van der Waals surface area contributed by atoms with Gasteiger partial charge in [0, 0.05) is 18.7 Å². The number of anilines is 1. The molecular formula is C20H22FN3O5. The number of nitrogens with one attached hydrogen (secondary N) is 1. The molecule has 1 fully saturated rings. The van der Waals surface area contributed by atoms with Gasteiger partial charge in [0.25, 0.3) is 5.91 Å². The van der Waals surface area contributed by atoms with Crippen molar-refractivity contribution < 1.29 is 23.5 Å². The first-order valence-electron chi connectivity index (χ1n) is 9.21. The van der Waals surface area contributed by atoms with Crippen LogP contribution in [0, 0.1) is 0 Å². The second-order valence-electron chi connectivity index (χ2n) is 6.94. The van der Waals surface area contributed by atoms with Gasteiger partial charge in [0.15, 0.2) is 18.0 Å². The van der Waals surface area contributed by atoms with E-state index in [0.29, 0.717) is 12.0 Å². The summed E-state index contributed by atoms with van der Waals surface area (Å²) in [6, 6.07) is 9.82. The number of alkyl halides is 1. The Morgan fingerprint density at radius 3 is 2.59 bits per heavy atom. The molecule has 4 atom stereocenters. The van der Waals surface area contributed by atoms with Crippen molar-refractivity contribution in [3.63, 3.8) is 0 Å². The van der Waals surface area contributed by atoms with Crippen LogP contribution >= 0.6 is 0 Å². The molecule has 1 aromatic carbocycles. The lowest BCUT2D eigenvalue weighted by molar-refractivity contribution is -0.154. The zero-order chi connectivity index (χ0) is 21.2. The standard InChI is InChI=1S/C20H22FN3O5/c1-4-14-16(28-12(2)25)20(3,21)18(29-14)24-11-10-15(23-19(24)27)22-17(26)13-8-6-5-7-9-13/h5-11,14,16,18H,4H2,1-3H3,(H,22,23,26,27). The third-order valence-electron chi connectivity index (χ3n) is 4.74. The zero-order valence-electron chi connectivity index (χ0n) is 16.3. The van der Waals surface area contributed by atoms with E-state index in [9.17, 15) is 14.4 Å². The highest BCUT2D eigenvalue weighted by atomic mass is 19.1. The maximum atomic E-state index is 15.5. The summed E-state index contributed by atoms with van der Waals surface area (Å²) >= 11 is 0. The summed E-state index contributed by atoms with van der Waals surface area (Å²) in [4.78, 5) is 39.9. The lowest BCUT2D eigenvalue weighted by Crippen LogP contribution is -2.44. The highest BCUT2D eigenvalue weighted by molar-refractivity contribution is 6.03. The molecule has 0 saturated carbocycles. The zero-order valence-corrected chi connectivity index (χ0v) is 16.3. The predicted molar refractivity (Wildman–Crippen MR) is 102 cm³/mol. The van der Waals surface area contributed by atoms with Gasteiger partial charge in [-0.05, 0) is 31.5 Å². The molecule has 0 bridgehead atoms. The largest absolute Gasteiger partial charge is 0.456 e. The van der Waals surface area contributed by atoms with Crippen molar-refractivity contribution in [3.8, 4) is 0 Å². The molecule has 8 nitrogen and oxygen atoms in total. The van der Waals surface area contributed by atoms with Crippen LogP contribution in [0.15, 0.2) is 47.4 Å². The van der Waals surface area contributed by atoms with Gasteiger partial charge in [-0.1, -0.05) is 25.1 Å². The Balaban J connectivity index is 1.84. The summed E-state index contributed by atoms with van der Waals surface area (Å²) in [5.74, 6) is -1.03. The minimum Gasteiger partial charge on any atom is -0.456 e. The van der Waals surface area contributed by atoms with Crippen molar-refractivity contribution in [1.82, 2.24) is 9.55 Å². The smallest absolute Gasteiger partial charge is 0.351 e. The van der Waals surface area contributed by atoms with Gasteiger partial charge in [-0.15, -0.1) is 0 Å². The molecule has 0 aliphatic carbocycles. The Morgan fingerprint density at radius 2 is 2.00 bits per heavy atom. The van der Waals surface area contributed by atoms with Gasteiger partial charge in [-0.2, -0.15) is 4.98 Å². The molecule has 1 saturated heterocycles. The van der Waals surface area contributed by atoms with Crippen LogP contribution < -0.4 is 11.0 Å². The van der Waals surface area contributed by atoms with E-state index in [-0.39, 0.29) is 5.82 Å². The molecule has 0 radical (unpaired) electrons. The van der Waals surface area contributed by atoms with Crippen molar-refractivity contribution in [2.45, 2.75) is 51.3 Å². The van der Waals surface area contributed by atoms with E-state index >= 15 is 4.39 Å². The average Bonchev–Trinajstić information content (AvgIpc) is 2.92. The third kappa shape index (κ3) is 4.19. The second-order valence-corrected chi connectivity index (χ2v) is 6.94. The number of carbonyl (C=O) groups excluding carboxylic acids is 2. The number of hydrogen-bond donors (Lipinski definition) is 1. The predicted octanol–water partition coefficient (Wildman–Crippen LogP) is 2.46. The SMILES string of the molecule is CCC1OC(n2ccc(NC(=O)c3ccccc3)nc2=O)C(C)(F)C1OC(C)=O. The fraction of sp³-hybridized carbons (Fsp3) is 0.400. The van der Waals surface area contributed by atoms with Gasteiger partial charge in [-0.25, -0.2) is 9.18 Å². The van der Waals surface area contributed by atoms with Crippen molar-refractivity contribution >= 4 is 17.7 Å². The molecule has 1 amide bonds. The number of rotatable bonds is 5. The van der Waals surface area contributed by atoms with E-state index in [2.05, 4.69) is 10.3 Å². The molecule has 0 spiro atoms. The van der Waals surface area contributed by atoms with Crippen LogP contribution in [0.1, 0.15) is 43.8 Å². The number of esters is 1. The maximum Gasteiger partial charge on any atom is 0.351 e. The van der Waals surface area contributed by atoms with Crippen LogP contribution in [0.3, 0.4) is 0 Å². The number of ether oxygens (including phenoxy) is 2. The molecule has 9 heteroatoms. The first-order chi connectivity index (χ1) is 13.7. The van der Waals surface area contributed by atoms with Crippen LogP contribution in [0.5, 0.6) is 0 Å². The summed E-state index contributed by atoms with van der Waals surface area (Å²) in [5.41, 5.74) is -2.54. The lowest BCUT2D eigenvalue weighted by atomic mass is 9.97. The Kier molecular flexibility index (Phi) is 5.78. The van der Waals surface area contributed by atoms with E-state index < -0.39 is 41.7 Å². The summed E-state index contributed by atoms with van der Waals surface area (Å²) in [5, 5.41) is 2.53. The van der Waals surface area contributed by atoms with Gasteiger partial charge in [-0.3, -0.25) is 14.2 Å². The van der Waals surface area contributed by atoms with E-state index in [1.165, 1.54) is 26.1 Å². The van der Waals surface area contributed by atoms with Gasteiger partial charge in [0.1, 0.15) is 11.9 Å². The summed E-state index contributed by atoms with van der Waals surface area (Å²) in [6.45, 7) is 4.18. The number of benzene rings is 1. The summed E-state index contributed by atoms with van der Waals surface area (Å²) in [6.07, 6.45) is -1.50. The first kappa shape index (κ1) is 20.7. The molecule has 4 unspecified atom stereocenters. The average molecular weight is 403 g/mol. The quantitative estimate of drug-likeness (QED) is 0.770. The molecule has 1 aliphatic heterocycles. The number of carbonyl (C=O) groups is 2. The van der Waals surface area contributed by atoms with Crippen molar-refractivity contribution in [2.75, 3.05) is 5.32 Å².